The third-order valence-electron chi connectivity index (χ3n) is 14.5. The molecule has 0 fully saturated rings. The number of esters is 1. The van der Waals surface area contributed by atoms with Crippen LogP contribution in [0.2, 0.25) is 0 Å². The highest BCUT2D eigenvalue weighted by atomic mass is 16.5. The minimum atomic E-state index is -0.844. The summed E-state index contributed by atoms with van der Waals surface area (Å²) in [5, 5.41) is 23.1. The van der Waals surface area contributed by atoms with E-state index in [2.05, 4.69) is 31.3 Å². The lowest BCUT2D eigenvalue weighted by Crippen LogP contribution is -2.45. The summed E-state index contributed by atoms with van der Waals surface area (Å²) in [6.45, 7) is 4.91. The predicted octanol–water partition coefficient (Wildman–Crippen LogP) is 19.4. The van der Waals surface area contributed by atoms with Gasteiger partial charge < -0.3 is 20.3 Å². The Hall–Kier alpha value is -1.66. The minimum Gasteiger partial charge on any atom is -0.466 e. The van der Waals surface area contributed by atoms with E-state index in [1.165, 1.54) is 270 Å². The van der Waals surface area contributed by atoms with Crippen molar-refractivity contribution in [3.05, 3.63) is 24.3 Å². The molecule has 6 heteroatoms. The van der Waals surface area contributed by atoms with Gasteiger partial charge in [-0.05, 0) is 57.8 Å². The number of carbonyl (C=O) groups is 2. The lowest BCUT2D eigenvalue weighted by molar-refractivity contribution is -0.143. The van der Waals surface area contributed by atoms with Crippen molar-refractivity contribution in [1.29, 1.82) is 0 Å². The van der Waals surface area contributed by atoms with Crippen LogP contribution < -0.4 is 5.32 Å². The molecular formula is C63H121NO5. The maximum Gasteiger partial charge on any atom is 0.305 e. The first-order valence-electron chi connectivity index (χ1n) is 31.1. The number of carbonyl (C=O) groups excluding carboxylic acids is 2. The van der Waals surface area contributed by atoms with Crippen LogP contribution in [0.1, 0.15) is 341 Å². The van der Waals surface area contributed by atoms with Crippen LogP contribution in [0.15, 0.2) is 24.3 Å². The molecular weight excluding hydrogens is 851 g/mol. The SMILES string of the molecule is CCCCCCCC/C=C\CCCCCCCCCC(=O)OCCCCCCCCCCCCCCCCCCCCCCCC(=O)NC(CO)C(O)/C=C/CCCCCCCCCCCCCC. The molecule has 0 bridgehead atoms. The molecule has 3 N–H and O–H groups in total. The van der Waals surface area contributed by atoms with Gasteiger partial charge in [0.25, 0.3) is 0 Å². The Morgan fingerprint density at radius 1 is 0.391 bits per heavy atom. The first-order valence-corrected chi connectivity index (χ1v) is 31.1. The second-order valence-corrected chi connectivity index (χ2v) is 21.4. The Bertz CT molecular complexity index is 1080. The third kappa shape index (κ3) is 55.5. The number of hydrogen-bond acceptors (Lipinski definition) is 5. The van der Waals surface area contributed by atoms with Gasteiger partial charge in [-0.25, -0.2) is 0 Å². The Labute approximate surface area is 431 Å². The molecule has 69 heavy (non-hydrogen) atoms. The molecule has 2 atom stereocenters. The second kappa shape index (κ2) is 58.9. The fourth-order valence-corrected chi connectivity index (χ4v) is 9.69. The first kappa shape index (κ1) is 67.3. The number of unbranched alkanes of at least 4 members (excludes halogenated alkanes) is 45. The van der Waals surface area contributed by atoms with Crippen molar-refractivity contribution < 1.29 is 24.5 Å². The predicted molar refractivity (Wildman–Crippen MR) is 301 cm³/mol. The molecule has 0 aliphatic carbocycles. The summed E-state index contributed by atoms with van der Waals surface area (Å²) >= 11 is 0. The molecule has 0 spiro atoms. The van der Waals surface area contributed by atoms with Crippen molar-refractivity contribution >= 4 is 11.9 Å². The number of hydrogen-bond donors (Lipinski definition) is 3. The van der Waals surface area contributed by atoms with Gasteiger partial charge in [0.2, 0.25) is 5.91 Å². The van der Waals surface area contributed by atoms with Crippen molar-refractivity contribution in [3.8, 4) is 0 Å². The number of nitrogens with one attached hydrogen (secondary N) is 1. The monoisotopic (exact) mass is 972 g/mol. The maximum absolute atomic E-state index is 12.5. The van der Waals surface area contributed by atoms with E-state index in [0.29, 0.717) is 19.4 Å². The number of allylic oxidation sites excluding steroid dienone is 3. The standard InChI is InChI=1S/C63H121NO5/c1-3-5-7-9-11-13-15-17-19-25-29-33-37-41-45-49-53-57-63(68)69-58-54-50-46-42-38-34-30-27-24-22-20-21-23-26-28-32-36-40-44-48-52-56-62(67)64-60(59-65)61(66)55-51-47-43-39-35-31-18-16-14-12-10-8-6-4-2/h17,19,51,55,60-61,65-66H,3-16,18,20-50,52-54,56-59H2,1-2H3,(H,64,67)/b19-17-,55-51+. The van der Waals surface area contributed by atoms with Gasteiger partial charge in [0.05, 0.1) is 25.4 Å². The van der Waals surface area contributed by atoms with Crippen LogP contribution in [0.5, 0.6) is 0 Å². The molecule has 0 rings (SSSR count). The smallest absolute Gasteiger partial charge is 0.305 e. The van der Waals surface area contributed by atoms with Gasteiger partial charge >= 0.3 is 5.97 Å². The highest BCUT2D eigenvalue weighted by Crippen LogP contribution is 2.17. The van der Waals surface area contributed by atoms with Crippen LogP contribution in [0, 0.1) is 0 Å². The van der Waals surface area contributed by atoms with E-state index in [1.54, 1.807) is 6.08 Å². The van der Waals surface area contributed by atoms with E-state index >= 15 is 0 Å². The lowest BCUT2D eigenvalue weighted by Gasteiger charge is -2.20. The highest BCUT2D eigenvalue weighted by Gasteiger charge is 2.18. The minimum absolute atomic E-state index is 0.00839. The molecule has 0 aromatic rings. The van der Waals surface area contributed by atoms with E-state index < -0.39 is 12.1 Å². The van der Waals surface area contributed by atoms with Gasteiger partial charge in [0, 0.05) is 12.8 Å². The molecule has 2 unspecified atom stereocenters. The zero-order valence-corrected chi connectivity index (χ0v) is 46.6. The van der Waals surface area contributed by atoms with Crippen LogP contribution in [-0.2, 0) is 14.3 Å². The molecule has 0 aliphatic heterocycles. The molecule has 0 aromatic heterocycles. The summed E-state index contributed by atoms with van der Waals surface area (Å²) in [6.07, 6.45) is 72.1. The zero-order chi connectivity index (χ0) is 50.0. The van der Waals surface area contributed by atoms with Crippen LogP contribution in [0.4, 0.5) is 0 Å². The van der Waals surface area contributed by atoms with Gasteiger partial charge in [-0.2, -0.15) is 0 Å². The molecule has 0 aliphatic rings. The van der Waals surface area contributed by atoms with Gasteiger partial charge in [-0.3, -0.25) is 9.59 Å². The first-order chi connectivity index (χ1) is 34.0. The van der Waals surface area contributed by atoms with Crippen molar-refractivity contribution in [2.45, 2.75) is 353 Å². The third-order valence-corrected chi connectivity index (χ3v) is 14.5. The fraction of sp³-hybridized carbons (Fsp3) is 0.905. The summed E-state index contributed by atoms with van der Waals surface area (Å²) in [5.74, 6) is -0.0593. The lowest BCUT2D eigenvalue weighted by atomic mass is 10.0. The molecule has 6 nitrogen and oxygen atoms in total. The highest BCUT2D eigenvalue weighted by molar-refractivity contribution is 5.76. The summed E-state index contributed by atoms with van der Waals surface area (Å²) in [4.78, 5) is 24.5. The average Bonchev–Trinajstić information content (AvgIpc) is 3.35. The van der Waals surface area contributed by atoms with E-state index in [-0.39, 0.29) is 18.5 Å². The molecule has 1 amide bonds. The second-order valence-electron chi connectivity index (χ2n) is 21.4. The van der Waals surface area contributed by atoms with Crippen LogP contribution in [-0.4, -0.2) is 47.4 Å². The van der Waals surface area contributed by atoms with Crippen LogP contribution in [0.25, 0.3) is 0 Å². The summed E-state index contributed by atoms with van der Waals surface area (Å²) in [6, 6.07) is -0.628. The largest absolute Gasteiger partial charge is 0.466 e. The van der Waals surface area contributed by atoms with E-state index in [1.807, 2.05) is 6.08 Å². The topological polar surface area (TPSA) is 95.9 Å². The molecule has 408 valence electrons. The number of amides is 1. The Kier molecular flexibility index (Phi) is 57.5. The van der Waals surface area contributed by atoms with Crippen LogP contribution in [0.3, 0.4) is 0 Å². The zero-order valence-electron chi connectivity index (χ0n) is 46.6. The van der Waals surface area contributed by atoms with Crippen molar-refractivity contribution in [3.63, 3.8) is 0 Å². The number of aliphatic hydroxyl groups is 2. The number of ether oxygens (including phenoxy) is 1. The van der Waals surface area contributed by atoms with Crippen LogP contribution >= 0.6 is 0 Å². The van der Waals surface area contributed by atoms with Crippen molar-refractivity contribution in [2.75, 3.05) is 13.2 Å². The average molecular weight is 973 g/mol. The van der Waals surface area contributed by atoms with E-state index in [0.717, 1.165) is 44.9 Å². The Morgan fingerprint density at radius 3 is 1.03 bits per heavy atom. The molecule has 0 saturated heterocycles. The summed E-state index contributed by atoms with van der Waals surface area (Å²) < 4.78 is 5.49. The Morgan fingerprint density at radius 2 is 0.681 bits per heavy atom. The van der Waals surface area contributed by atoms with Gasteiger partial charge in [0.15, 0.2) is 0 Å². The van der Waals surface area contributed by atoms with Crippen molar-refractivity contribution in [1.82, 2.24) is 5.32 Å². The quantitative estimate of drug-likeness (QED) is 0.0321. The normalized spacial score (nSPS) is 12.7. The number of rotatable bonds is 58. The summed E-state index contributed by atoms with van der Waals surface area (Å²) in [7, 11) is 0. The number of aliphatic hydroxyl groups excluding tert-OH is 2. The van der Waals surface area contributed by atoms with Gasteiger partial charge in [-0.15, -0.1) is 0 Å². The van der Waals surface area contributed by atoms with Crippen molar-refractivity contribution in [2.24, 2.45) is 0 Å². The molecule has 0 aromatic carbocycles. The summed E-state index contributed by atoms with van der Waals surface area (Å²) in [5.41, 5.74) is 0. The van der Waals surface area contributed by atoms with E-state index in [9.17, 15) is 19.8 Å². The maximum atomic E-state index is 12.5. The molecule has 0 heterocycles. The van der Waals surface area contributed by atoms with Gasteiger partial charge in [0.1, 0.15) is 0 Å². The van der Waals surface area contributed by atoms with E-state index in [4.69, 9.17) is 4.74 Å². The molecule has 0 saturated carbocycles. The molecule has 0 radical (unpaired) electrons. The fourth-order valence-electron chi connectivity index (χ4n) is 9.69. The van der Waals surface area contributed by atoms with Gasteiger partial charge in [-0.1, -0.05) is 295 Å². The Balaban J connectivity index is 3.39.